The van der Waals surface area contributed by atoms with Crippen LogP contribution in [0.3, 0.4) is 0 Å². The van der Waals surface area contributed by atoms with E-state index < -0.39 is 0 Å². The highest BCUT2D eigenvalue weighted by Crippen LogP contribution is 2.27. The largest absolute Gasteiger partial charge is 0.330 e. The molecular formula is C20H26N6. The Labute approximate surface area is 154 Å². The van der Waals surface area contributed by atoms with Crippen molar-refractivity contribution in [2.75, 3.05) is 13.1 Å². The molecule has 0 saturated carbocycles. The highest BCUT2D eigenvalue weighted by Gasteiger charge is 2.26. The Kier molecular flexibility index (Phi) is 4.84. The van der Waals surface area contributed by atoms with Gasteiger partial charge in [-0.1, -0.05) is 29.8 Å². The van der Waals surface area contributed by atoms with Crippen molar-refractivity contribution in [3.63, 3.8) is 0 Å². The van der Waals surface area contributed by atoms with Crippen LogP contribution in [0.4, 0.5) is 0 Å². The average molecular weight is 350 g/mol. The van der Waals surface area contributed by atoms with E-state index in [0.717, 1.165) is 31.3 Å². The molecule has 0 aliphatic carbocycles. The smallest absolute Gasteiger partial charge is 0.152 e. The molecule has 1 saturated heterocycles. The maximum absolute atomic E-state index is 4.53. The normalized spacial score (nSPS) is 18.3. The lowest BCUT2D eigenvalue weighted by atomic mass is 9.96. The van der Waals surface area contributed by atoms with Crippen LogP contribution in [0.5, 0.6) is 0 Å². The molecule has 1 aliphatic rings. The second-order valence-electron chi connectivity index (χ2n) is 7.33. The molecule has 6 nitrogen and oxygen atoms in total. The van der Waals surface area contributed by atoms with Crippen molar-refractivity contribution in [2.24, 2.45) is 7.05 Å². The molecule has 3 aromatic rings. The Bertz CT molecular complexity index is 851. The fraction of sp³-hybridized carbons (Fsp3) is 0.450. The highest BCUT2D eigenvalue weighted by atomic mass is 15.3. The summed E-state index contributed by atoms with van der Waals surface area (Å²) in [6.45, 7) is 6.08. The van der Waals surface area contributed by atoms with Crippen LogP contribution >= 0.6 is 0 Å². The number of nitrogens with zero attached hydrogens (tertiary/aromatic N) is 6. The van der Waals surface area contributed by atoms with Crippen LogP contribution in [-0.2, 0) is 20.1 Å². The average Bonchev–Trinajstić information content (AvgIpc) is 3.26. The topological polar surface area (TPSA) is 51.8 Å². The number of aromatic nitrogens is 5. The molecule has 136 valence electrons. The first-order valence-corrected chi connectivity index (χ1v) is 9.31. The van der Waals surface area contributed by atoms with Gasteiger partial charge in [-0.2, -0.15) is 0 Å². The lowest BCUT2D eigenvalue weighted by Gasteiger charge is -2.32. The summed E-state index contributed by atoms with van der Waals surface area (Å²) in [6, 6.07) is 8.82. The van der Waals surface area contributed by atoms with Gasteiger partial charge in [0.15, 0.2) is 5.82 Å². The van der Waals surface area contributed by atoms with E-state index in [0.29, 0.717) is 12.5 Å². The van der Waals surface area contributed by atoms with Crippen LogP contribution in [0.25, 0.3) is 0 Å². The fourth-order valence-electron chi connectivity index (χ4n) is 3.89. The molecule has 0 amide bonds. The van der Waals surface area contributed by atoms with E-state index in [4.69, 9.17) is 0 Å². The summed E-state index contributed by atoms with van der Waals surface area (Å²) in [5, 5.41) is 8.96. The third-order valence-corrected chi connectivity index (χ3v) is 5.24. The molecule has 0 bridgehead atoms. The van der Waals surface area contributed by atoms with Crippen molar-refractivity contribution in [1.29, 1.82) is 0 Å². The SMILES string of the molecule is Cc1cccc(CN2CCCC(c3nnc(Cn4ccnc4)n3C)C2)c1. The zero-order valence-corrected chi connectivity index (χ0v) is 15.5. The van der Waals surface area contributed by atoms with E-state index in [1.54, 1.807) is 6.20 Å². The third kappa shape index (κ3) is 3.70. The van der Waals surface area contributed by atoms with Crippen LogP contribution in [0, 0.1) is 6.92 Å². The lowest BCUT2D eigenvalue weighted by molar-refractivity contribution is 0.195. The van der Waals surface area contributed by atoms with Gasteiger partial charge in [0.05, 0.1) is 12.9 Å². The van der Waals surface area contributed by atoms with E-state index in [-0.39, 0.29) is 0 Å². The molecule has 0 radical (unpaired) electrons. The second kappa shape index (κ2) is 7.41. The maximum atomic E-state index is 4.53. The summed E-state index contributed by atoms with van der Waals surface area (Å²) in [6.07, 6.45) is 7.96. The van der Waals surface area contributed by atoms with Gasteiger partial charge < -0.3 is 9.13 Å². The summed E-state index contributed by atoms with van der Waals surface area (Å²) in [5.74, 6) is 2.53. The zero-order valence-electron chi connectivity index (χ0n) is 15.5. The van der Waals surface area contributed by atoms with Crippen molar-refractivity contribution < 1.29 is 0 Å². The molecule has 2 aromatic heterocycles. The predicted molar refractivity (Wildman–Crippen MR) is 101 cm³/mol. The van der Waals surface area contributed by atoms with Gasteiger partial charge in [0, 0.05) is 38.4 Å². The van der Waals surface area contributed by atoms with Crippen LogP contribution in [0.15, 0.2) is 43.0 Å². The summed E-state index contributed by atoms with van der Waals surface area (Å²) in [4.78, 5) is 6.65. The second-order valence-corrected chi connectivity index (χ2v) is 7.33. The monoisotopic (exact) mass is 350 g/mol. The lowest BCUT2D eigenvalue weighted by Crippen LogP contribution is -2.34. The van der Waals surface area contributed by atoms with Crippen LogP contribution in [-0.4, -0.2) is 42.3 Å². The summed E-state index contributed by atoms with van der Waals surface area (Å²) < 4.78 is 4.19. The Morgan fingerprint density at radius 3 is 2.92 bits per heavy atom. The minimum Gasteiger partial charge on any atom is -0.330 e. The van der Waals surface area contributed by atoms with Crippen LogP contribution in [0.1, 0.15) is 41.5 Å². The minimum absolute atomic E-state index is 0.447. The number of imidazole rings is 1. The van der Waals surface area contributed by atoms with Gasteiger partial charge in [-0.25, -0.2) is 4.98 Å². The molecule has 0 spiro atoms. The Morgan fingerprint density at radius 1 is 1.19 bits per heavy atom. The van der Waals surface area contributed by atoms with Crippen molar-refractivity contribution in [3.8, 4) is 0 Å². The number of hydrogen-bond acceptors (Lipinski definition) is 4. The number of piperidine rings is 1. The molecule has 3 heterocycles. The van der Waals surface area contributed by atoms with Crippen LogP contribution in [0.2, 0.25) is 0 Å². The molecular weight excluding hydrogens is 324 g/mol. The van der Waals surface area contributed by atoms with Gasteiger partial charge in [-0.15, -0.1) is 10.2 Å². The number of rotatable bonds is 5. The molecule has 4 rings (SSSR count). The van der Waals surface area contributed by atoms with E-state index in [2.05, 4.69) is 62.9 Å². The Morgan fingerprint density at radius 2 is 2.12 bits per heavy atom. The standard InChI is InChI=1S/C20H26N6/c1-16-5-3-6-17(11-16)12-25-9-4-7-18(13-25)20-23-22-19(24(20)2)14-26-10-8-21-15-26/h3,5-6,8,10-11,15,18H,4,7,9,12-14H2,1-2H3. The van der Waals surface area contributed by atoms with Crippen molar-refractivity contribution >= 4 is 0 Å². The fourth-order valence-corrected chi connectivity index (χ4v) is 3.89. The zero-order chi connectivity index (χ0) is 17.9. The van der Waals surface area contributed by atoms with E-state index >= 15 is 0 Å². The van der Waals surface area contributed by atoms with Crippen molar-refractivity contribution in [3.05, 3.63) is 65.8 Å². The van der Waals surface area contributed by atoms with Crippen molar-refractivity contribution in [1.82, 2.24) is 29.2 Å². The Hall–Kier alpha value is -2.47. The Balaban J connectivity index is 1.45. The van der Waals surface area contributed by atoms with Gasteiger partial charge in [-0.3, -0.25) is 4.90 Å². The maximum Gasteiger partial charge on any atom is 0.152 e. The van der Waals surface area contributed by atoms with E-state index in [1.807, 2.05) is 17.1 Å². The number of likely N-dealkylation sites (tertiary alicyclic amines) is 1. The molecule has 0 N–H and O–H groups in total. The summed E-state index contributed by atoms with van der Waals surface area (Å²) in [7, 11) is 2.08. The highest BCUT2D eigenvalue weighted by molar-refractivity contribution is 5.22. The first-order chi connectivity index (χ1) is 12.7. The molecule has 1 aliphatic heterocycles. The molecule has 26 heavy (non-hydrogen) atoms. The molecule has 1 unspecified atom stereocenters. The predicted octanol–water partition coefficient (Wildman–Crippen LogP) is 2.75. The molecule has 1 atom stereocenters. The molecule has 6 heteroatoms. The van der Waals surface area contributed by atoms with Gasteiger partial charge in [-0.05, 0) is 31.9 Å². The van der Waals surface area contributed by atoms with E-state index in [9.17, 15) is 0 Å². The summed E-state index contributed by atoms with van der Waals surface area (Å²) >= 11 is 0. The van der Waals surface area contributed by atoms with E-state index in [1.165, 1.54) is 24.0 Å². The van der Waals surface area contributed by atoms with Gasteiger partial charge in [0.2, 0.25) is 0 Å². The number of hydrogen-bond donors (Lipinski definition) is 0. The first-order valence-electron chi connectivity index (χ1n) is 9.31. The quantitative estimate of drug-likeness (QED) is 0.710. The van der Waals surface area contributed by atoms with Crippen molar-refractivity contribution in [2.45, 2.75) is 38.8 Å². The molecule has 1 fully saturated rings. The molecule has 1 aromatic carbocycles. The summed E-state index contributed by atoms with van der Waals surface area (Å²) in [5.41, 5.74) is 2.72. The number of benzene rings is 1. The minimum atomic E-state index is 0.447. The third-order valence-electron chi connectivity index (χ3n) is 5.24. The van der Waals surface area contributed by atoms with Gasteiger partial charge in [0.1, 0.15) is 5.82 Å². The number of aryl methyl sites for hydroxylation is 1. The first kappa shape index (κ1) is 17.0. The van der Waals surface area contributed by atoms with Gasteiger partial charge in [0.25, 0.3) is 0 Å². The van der Waals surface area contributed by atoms with Gasteiger partial charge >= 0.3 is 0 Å². The van der Waals surface area contributed by atoms with Crippen LogP contribution < -0.4 is 0 Å².